The number of carbonyl (C=O) groups is 2. The van der Waals surface area contributed by atoms with E-state index >= 15 is 0 Å². The maximum atomic E-state index is 14.3. The van der Waals surface area contributed by atoms with Crippen LogP contribution in [0.5, 0.6) is 5.75 Å². The lowest BCUT2D eigenvalue weighted by Gasteiger charge is -2.34. The molecule has 2 amide bonds. The second kappa shape index (κ2) is 15.5. The standard InChI is InChI=1S/C34H43N3O5S2/c1-5-32(34(39)35-27-9-7-6-8-10-27)36(23-26-13-17-29(42-3)18-14-26)33(38)24-37(28-15-11-25(2)12-16-28)44(40,41)31-21-19-30(43-4)20-22-31/h11-22,27,32H,5-10,23-24H2,1-4H3,(H,35,39)/t32-/m0/s1. The Kier molecular flexibility index (Phi) is 11.7. The van der Waals surface area contributed by atoms with Gasteiger partial charge in [0.05, 0.1) is 17.7 Å². The van der Waals surface area contributed by atoms with Gasteiger partial charge in [-0.15, -0.1) is 11.8 Å². The molecular weight excluding hydrogens is 595 g/mol. The fourth-order valence-corrected chi connectivity index (χ4v) is 7.33. The van der Waals surface area contributed by atoms with Crippen molar-refractivity contribution < 1.29 is 22.7 Å². The Morgan fingerprint density at radius 2 is 1.59 bits per heavy atom. The molecule has 3 aromatic carbocycles. The summed E-state index contributed by atoms with van der Waals surface area (Å²) in [5, 5.41) is 3.18. The number of thioether (sulfide) groups is 1. The van der Waals surface area contributed by atoms with Gasteiger partial charge in [0.1, 0.15) is 18.3 Å². The molecule has 0 radical (unpaired) electrons. The van der Waals surface area contributed by atoms with Crippen molar-refractivity contribution in [3.05, 3.63) is 83.9 Å². The zero-order valence-electron chi connectivity index (χ0n) is 26.0. The Balaban J connectivity index is 1.70. The molecule has 1 aliphatic carbocycles. The zero-order chi connectivity index (χ0) is 31.7. The van der Waals surface area contributed by atoms with Crippen molar-refractivity contribution in [3.8, 4) is 5.75 Å². The number of hydrogen-bond acceptors (Lipinski definition) is 6. The number of hydrogen-bond donors (Lipinski definition) is 1. The van der Waals surface area contributed by atoms with Crippen LogP contribution in [-0.2, 0) is 26.2 Å². The van der Waals surface area contributed by atoms with Gasteiger partial charge in [0.25, 0.3) is 10.0 Å². The molecule has 0 aliphatic heterocycles. The highest BCUT2D eigenvalue weighted by atomic mass is 32.2. The van der Waals surface area contributed by atoms with Crippen LogP contribution in [0.4, 0.5) is 5.69 Å². The van der Waals surface area contributed by atoms with Crippen molar-refractivity contribution in [2.45, 2.75) is 80.8 Å². The molecule has 0 aromatic heterocycles. The SMILES string of the molecule is CC[C@@H](C(=O)NC1CCCCC1)N(Cc1ccc(OC)cc1)C(=O)CN(c1ccc(C)cc1)S(=O)(=O)c1ccc(SC)cc1. The summed E-state index contributed by atoms with van der Waals surface area (Å²) in [6.07, 6.45) is 7.44. The van der Waals surface area contributed by atoms with Crippen LogP contribution in [0.1, 0.15) is 56.6 Å². The molecular formula is C34H43N3O5S2. The van der Waals surface area contributed by atoms with Gasteiger partial charge in [-0.25, -0.2) is 8.42 Å². The maximum absolute atomic E-state index is 14.3. The first kappa shape index (κ1) is 33.4. The van der Waals surface area contributed by atoms with E-state index in [4.69, 9.17) is 4.74 Å². The number of nitrogens with one attached hydrogen (secondary N) is 1. The van der Waals surface area contributed by atoms with Gasteiger partial charge in [-0.05, 0) is 86.5 Å². The van der Waals surface area contributed by atoms with Gasteiger partial charge in [0.15, 0.2) is 0 Å². The average Bonchev–Trinajstić information content (AvgIpc) is 3.04. The second-order valence-corrected chi connectivity index (χ2v) is 13.9. The molecule has 1 aliphatic rings. The highest BCUT2D eigenvalue weighted by Gasteiger charge is 2.34. The lowest BCUT2D eigenvalue weighted by Crippen LogP contribution is -2.54. The Bertz CT molecular complexity index is 1490. The Morgan fingerprint density at radius 3 is 2.16 bits per heavy atom. The molecule has 236 valence electrons. The molecule has 1 saturated carbocycles. The lowest BCUT2D eigenvalue weighted by atomic mass is 9.95. The number of rotatable bonds is 13. The summed E-state index contributed by atoms with van der Waals surface area (Å²) in [5.41, 5.74) is 2.15. The van der Waals surface area contributed by atoms with Crippen LogP contribution in [-0.4, -0.2) is 57.1 Å². The third kappa shape index (κ3) is 8.35. The first-order valence-corrected chi connectivity index (χ1v) is 17.8. The summed E-state index contributed by atoms with van der Waals surface area (Å²) in [5.74, 6) is 0.00726. The first-order chi connectivity index (χ1) is 21.2. The summed E-state index contributed by atoms with van der Waals surface area (Å²) >= 11 is 1.52. The molecule has 1 atom stereocenters. The van der Waals surface area contributed by atoms with Crippen LogP contribution >= 0.6 is 11.8 Å². The quantitative estimate of drug-likeness (QED) is 0.225. The molecule has 0 bridgehead atoms. The summed E-state index contributed by atoms with van der Waals surface area (Å²) in [4.78, 5) is 30.5. The minimum absolute atomic E-state index is 0.0805. The van der Waals surface area contributed by atoms with Gasteiger partial charge < -0.3 is 15.0 Å². The molecule has 1 N–H and O–H groups in total. The van der Waals surface area contributed by atoms with Gasteiger partial charge in [-0.3, -0.25) is 13.9 Å². The van der Waals surface area contributed by atoms with Crippen molar-refractivity contribution in [1.29, 1.82) is 0 Å². The topological polar surface area (TPSA) is 96.0 Å². The van der Waals surface area contributed by atoms with Gasteiger partial charge >= 0.3 is 0 Å². The van der Waals surface area contributed by atoms with Crippen LogP contribution in [0.25, 0.3) is 0 Å². The fourth-order valence-electron chi connectivity index (χ4n) is 5.51. The minimum atomic E-state index is -4.12. The number of aryl methyl sites for hydroxylation is 1. The van der Waals surface area contributed by atoms with E-state index in [1.165, 1.54) is 16.7 Å². The Hall–Kier alpha value is -3.50. The highest BCUT2D eigenvalue weighted by molar-refractivity contribution is 7.98. The fraction of sp³-hybridized carbons (Fsp3) is 0.412. The molecule has 44 heavy (non-hydrogen) atoms. The van der Waals surface area contributed by atoms with Crippen LogP contribution in [0.2, 0.25) is 0 Å². The number of benzene rings is 3. The highest BCUT2D eigenvalue weighted by Crippen LogP contribution is 2.27. The van der Waals surface area contributed by atoms with Gasteiger partial charge in [0, 0.05) is 17.5 Å². The molecule has 3 aromatic rings. The summed E-state index contributed by atoms with van der Waals surface area (Å²) in [7, 11) is -2.53. The van der Waals surface area contributed by atoms with Crippen molar-refractivity contribution in [1.82, 2.24) is 10.2 Å². The molecule has 1 fully saturated rings. The largest absolute Gasteiger partial charge is 0.497 e. The van der Waals surface area contributed by atoms with Crippen molar-refractivity contribution in [2.75, 3.05) is 24.2 Å². The molecule has 0 heterocycles. The number of ether oxygens (including phenoxy) is 1. The number of methoxy groups -OCH3 is 1. The van der Waals surface area contributed by atoms with Crippen molar-refractivity contribution >= 4 is 39.3 Å². The molecule has 4 rings (SSSR count). The number of carbonyl (C=O) groups excluding carboxylic acids is 2. The van der Waals surface area contributed by atoms with Gasteiger partial charge in [-0.2, -0.15) is 0 Å². The Morgan fingerprint density at radius 1 is 0.955 bits per heavy atom. The maximum Gasteiger partial charge on any atom is 0.264 e. The third-order valence-electron chi connectivity index (χ3n) is 8.10. The lowest BCUT2D eigenvalue weighted by molar-refractivity contribution is -0.140. The van der Waals surface area contributed by atoms with Crippen LogP contribution < -0.4 is 14.4 Å². The van der Waals surface area contributed by atoms with Crippen LogP contribution in [0.3, 0.4) is 0 Å². The van der Waals surface area contributed by atoms with Crippen molar-refractivity contribution in [3.63, 3.8) is 0 Å². The smallest absolute Gasteiger partial charge is 0.264 e. The van der Waals surface area contributed by atoms with Crippen molar-refractivity contribution in [2.24, 2.45) is 0 Å². The Labute approximate surface area is 266 Å². The van der Waals surface area contributed by atoms with Crippen LogP contribution in [0.15, 0.2) is 82.6 Å². The third-order valence-corrected chi connectivity index (χ3v) is 10.6. The van der Waals surface area contributed by atoms with Crippen LogP contribution in [0, 0.1) is 6.92 Å². The van der Waals surface area contributed by atoms with E-state index in [9.17, 15) is 18.0 Å². The first-order valence-electron chi connectivity index (χ1n) is 15.1. The zero-order valence-corrected chi connectivity index (χ0v) is 27.6. The van der Waals surface area contributed by atoms with Gasteiger partial charge in [-0.1, -0.05) is 56.0 Å². The van der Waals surface area contributed by atoms with E-state index < -0.39 is 28.5 Å². The predicted molar refractivity (Wildman–Crippen MR) is 177 cm³/mol. The monoisotopic (exact) mass is 637 g/mol. The van der Waals surface area contributed by atoms with E-state index in [-0.39, 0.29) is 23.4 Å². The predicted octanol–water partition coefficient (Wildman–Crippen LogP) is 6.18. The molecule has 10 heteroatoms. The average molecular weight is 638 g/mol. The normalized spacial score (nSPS) is 14.5. The number of anilines is 1. The molecule has 0 unspecified atom stereocenters. The van der Waals surface area contributed by atoms with E-state index in [1.807, 2.05) is 56.5 Å². The van der Waals surface area contributed by atoms with E-state index in [0.717, 1.165) is 52.4 Å². The molecule has 8 nitrogen and oxygen atoms in total. The van der Waals surface area contributed by atoms with Gasteiger partial charge in [0.2, 0.25) is 11.8 Å². The number of nitrogens with zero attached hydrogens (tertiary/aromatic N) is 2. The second-order valence-electron chi connectivity index (χ2n) is 11.2. The minimum Gasteiger partial charge on any atom is -0.497 e. The van der Waals surface area contributed by atoms with E-state index in [0.29, 0.717) is 17.9 Å². The van der Waals surface area contributed by atoms with E-state index in [2.05, 4.69) is 5.32 Å². The van der Waals surface area contributed by atoms with E-state index in [1.54, 1.807) is 43.5 Å². The summed E-state index contributed by atoms with van der Waals surface area (Å²) in [6.45, 7) is 3.48. The number of amides is 2. The molecule has 0 saturated heterocycles. The summed E-state index contributed by atoms with van der Waals surface area (Å²) < 4.78 is 34.6. The number of sulfonamides is 1. The molecule has 0 spiro atoms. The summed E-state index contributed by atoms with van der Waals surface area (Å²) in [6, 6.07) is 20.3.